The summed E-state index contributed by atoms with van der Waals surface area (Å²) in [6.45, 7) is 7.30. The summed E-state index contributed by atoms with van der Waals surface area (Å²) in [4.78, 5) is 44.5. The Balaban J connectivity index is 1.84. The number of halogens is 1. The maximum absolute atomic E-state index is 13.7. The Morgan fingerprint density at radius 2 is 1.86 bits per heavy atom. The van der Waals surface area contributed by atoms with E-state index < -0.39 is 35.3 Å². The number of aliphatic hydroxyl groups excluding tert-OH is 1. The summed E-state index contributed by atoms with van der Waals surface area (Å²) >= 11 is 0.896. The Labute approximate surface area is 216 Å². The van der Waals surface area contributed by atoms with Crippen LogP contribution >= 0.6 is 11.3 Å². The van der Waals surface area contributed by atoms with Crippen molar-refractivity contribution >= 4 is 39.9 Å². The third-order valence-corrected chi connectivity index (χ3v) is 6.71. The number of Topliss-reactive ketones (excluding diaryl/α,β-unsaturated/α-hetero) is 1. The zero-order chi connectivity index (χ0) is 26.7. The SMILES string of the molecule is C=CCOc1ccc(/C(O)=C2\C(=O)C(=O)N(c3nc(C)c(C(=O)OCC)s3)[C@H]2c2ccc(F)cc2)cc1. The maximum atomic E-state index is 13.7. The number of ketones is 1. The summed E-state index contributed by atoms with van der Waals surface area (Å²) in [6.07, 6.45) is 1.59. The van der Waals surface area contributed by atoms with E-state index in [1.165, 1.54) is 24.3 Å². The number of nitrogens with zero attached hydrogens (tertiary/aromatic N) is 2. The van der Waals surface area contributed by atoms with E-state index in [1.54, 1.807) is 44.2 Å². The molecule has 1 aliphatic rings. The Bertz CT molecular complexity index is 1400. The molecule has 1 aromatic heterocycles. The molecule has 1 fully saturated rings. The van der Waals surface area contributed by atoms with Gasteiger partial charge in [0, 0.05) is 5.56 Å². The van der Waals surface area contributed by atoms with Crippen LogP contribution in [-0.2, 0) is 14.3 Å². The molecule has 1 amide bonds. The van der Waals surface area contributed by atoms with Crippen LogP contribution in [0.4, 0.5) is 9.52 Å². The molecular weight excluding hydrogens is 499 g/mol. The highest BCUT2D eigenvalue weighted by molar-refractivity contribution is 7.17. The Hall–Kier alpha value is -4.31. The number of amides is 1. The van der Waals surface area contributed by atoms with Crippen molar-refractivity contribution in [1.82, 2.24) is 4.98 Å². The standard InChI is InChI=1S/C27H23FN2O6S/c1-4-14-36-19-12-8-17(9-13-19)22(31)20-21(16-6-10-18(28)11-7-16)30(25(33)23(20)32)27-29-15(3)24(37-27)26(34)35-5-2/h4,6-13,21,31H,1,5,14H2,2-3H3/b22-20+/t21-/m0/s1. The van der Waals surface area contributed by atoms with Crippen molar-refractivity contribution in [2.45, 2.75) is 19.9 Å². The van der Waals surface area contributed by atoms with Gasteiger partial charge in [-0.05, 0) is 55.8 Å². The van der Waals surface area contributed by atoms with E-state index in [1.807, 2.05) is 0 Å². The molecule has 0 spiro atoms. The Morgan fingerprint density at radius 3 is 2.49 bits per heavy atom. The van der Waals surface area contributed by atoms with Crippen LogP contribution in [-0.4, -0.2) is 41.0 Å². The van der Waals surface area contributed by atoms with Gasteiger partial charge in [-0.15, -0.1) is 0 Å². The molecule has 0 bridgehead atoms. The molecule has 2 heterocycles. The predicted molar refractivity (Wildman–Crippen MR) is 136 cm³/mol. The van der Waals surface area contributed by atoms with Crippen molar-refractivity contribution in [3.63, 3.8) is 0 Å². The number of carbonyl (C=O) groups is 3. The van der Waals surface area contributed by atoms with Crippen LogP contribution in [0.2, 0.25) is 0 Å². The molecule has 8 nitrogen and oxygen atoms in total. The lowest BCUT2D eigenvalue weighted by Gasteiger charge is -2.23. The number of carbonyl (C=O) groups excluding carboxylic acids is 3. The monoisotopic (exact) mass is 522 g/mol. The summed E-state index contributed by atoms with van der Waals surface area (Å²) in [7, 11) is 0. The number of ether oxygens (including phenoxy) is 2. The van der Waals surface area contributed by atoms with Gasteiger partial charge in [-0.1, -0.05) is 36.1 Å². The second-order valence-electron chi connectivity index (χ2n) is 7.98. The normalized spacial score (nSPS) is 16.6. The largest absolute Gasteiger partial charge is 0.507 e. The third kappa shape index (κ3) is 5.01. The molecule has 4 rings (SSSR count). The highest BCUT2D eigenvalue weighted by Gasteiger charge is 2.48. The first-order valence-corrected chi connectivity index (χ1v) is 12.1. The van der Waals surface area contributed by atoms with Gasteiger partial charge in [-0.3, -0.25) is 14.5 Å². The molecule has 1 saturated heterocycles. The molecule has 0 aliphatic carbocycles. The van der Waals surface area contributed by atoms with Gasteiger partial charge in [0.2, 0.25) is 0 Å². The first-order chi connectivity index (χ1) is 17.8. The van der Waals surface area contributed by atoms with Crippen molar-refractivity contribution in [1.29, 1.82) is 0 Å². The van der Waals surface area contributed by atoms with Crippen LogP contribution in [0.25, 0.3) is 5.76 Å². The molecule has 0 unspecified atom stereocenters. The van der Waals surface area contributed by atoms with Gasteiger partial charge in [0.15, 0.2) is 5.13 Å². The number of anilines is 1. The minimum Gasteiger partial charge on any atom is -0.507 e. The number of aromatic nitrogens is 1. The van der Waals surface area contributed by atoms with Gasteiger partial charge < -0.3 is 14.6 Å². The summed E-state index contributed by atoms with van der Waals surface area (Å²) in [5.74, 6) is -2.88. The highest BCUT2D eigenvalue weighted by Crippen LogP contribution is 2.44. The summed E-state index contributed by atoms with van der Waals surface area (Å²) in [5.41, 5.74) is 0.785. The average Bonchev–Trinajstić information content (AvgIpc) is 3.40. The van der Waals surface area contributed by atoms with Crippen LogP contribution < -0.4 is 9.64 Å². The van der Waals surface area contributed by atoms with E-state index in [2.05, 4.69) is 11.6 Å². The van der Waals surface area contributed by atoms with E-state index in [0.29, 0.717) is 23.6 Å². The molecule has 1 aliphatic heterocycles. The van der Waals surface area contributed by atoms with E-state index in [-0.39, 0.29) is 27.8 Å². The second-order valence-corrected chi connectivity index (χ2v) is 8.95. The number of rotatable bonds is 8. The minimum absolute atomic E-state index is 0.0733. The van der Waals surface area contributed by atoms with Gasteiger partial charge in [-0.25, -0.2) is 14.2 Å². The van der Waals surface area contributed by atoms with Crippen LogP contribution in [0.1, 0.15) is 39.5 Å². The van der Waals surface area contributed by atoms with E-state index in [0.717, 1.165) is 16.2 Å². The van der Waals surface area contributed by atoms with E-state index >= 15 is 0 Å². The summed E-state index contributed by atoms with van der Waals surface area (Å²) in [5, 5.41) is 11.3. The molecule has 1 atom stereocenters. The predicted octanol–water partition coefficient (Wildman–Crippen LogP) is 4.96. The molecule has 3 aromatic rings. The van der Waals surface area contributed by atoms with Crippen molar-refractivity contribution < 1.29 is 33.4 Å². The second kappa shape index (κ2) is 10.8. The zero-order valence-electron chi connectivity index (χ0n) is 20.1. The highest BCUT2D eigenvalue weighted by atomic mass is 32.1. The van der Waals surface area contributed by atoms with Gasteiger partial charge in [0.1, 0.15) is 28.8 Å². The molecule has 1 N–H and O–H groups in total. The van der Waals surface area contributed by atoms with E-state index in [9.17, 15) is 23.9 Å². The lowest BCUT2D eigenvalue weighted by molar-refractivity contribution is -0.132. The molecule has 2 aromatic carbocycles. The smallest absolute Gasteiger partial charge is 0.350 e. The third-order valence-electron chi connectivity index (χ3n) is 5.58. The quantitative estimate of drug-likeness (QED) is 0.147. The molecule has 0 radical (unpaired) electrons. The Kier molecular flexibility index (Phi) is 7.49. The van der Waals surface area contributed by atoms with Crippen molar-refractivity contribution in [3.8, 4) is 5.75 Å². The van der Waals surface area contributed by atoms with Gasteiger partial charge >= 0.3 is 11.9 Å². The lowest BCUT2D eigenvalue weighted by Crippen LogP contribution is -2.29. The maximum Gasteiger partial charge on any atom is 0.350 e. The summed E-state index contributed by atoms with van der Waals surface area (Å²) in [6, 6.07) is 10.4. The van der Waals surface area contributed by atoms with Crippen LogP contribution in [0.3, 0.4) is 0 Å². The zero-order valence-corrected chi connectivity index (χ0v) is 20.9. The average molecular weight is 523 g/mol. The van der Waals surface area contributed by atoms with Crippen molar-refractivity contribution in [2.75, 3.05) is 18.1 Å². The van der Waals surface area contributed by atoms with Crippen molar-refractivity contribution in [3.05, 3.63) is 94.3 Å². The first kappa shape index (κ1) is 25.8. The van der Waals surface area contributed by atoms with E-state index in [4.69, 9.17) is 9.47 Å². The molecule has 37 heavy (non-hydrogen) atoms. The number of hydrogen-bond acceptors (Lipinski definition) is 8. The fourth-order valence-corrected chi connectivity index (χ4v) is 4.87. The van der Waals surface area contributed by atoms with Crippen LogP contribution in [0.15, 0.2) is 66.8 Å². The number of thiazole rings is 1. The first-order valence-electron chi connectivity index (χ1n) is 11.3. The molecule has 190 valence electrons. The minimum atomic E-state index is -1.11. The molecule has 0 saturated carbocycles. The van der Waals surface area contributed by atoms with Crippen LogP contribution in [0.5, 0.6) is 5.75 Å². The fourth-order valence-electron chi connectivity index (χ4n) is 3.88. The summed E-state index contributed by atoms with van der Waals surface area (Å²) < 4.78 is 24.2. The number of aliphatic hydroxyl groups is 1. The fraction of sp³-hybridized carbons (Fsp3) is 0.185. The number of esters is 1. The van der Waals surface area contributed by atoms with Crippen LogP contribution in [0, 0.1) is 12.7 Å². The topological polar surface area (TPSA) is 106 Å². The number of hydrogen-bond donors (Lipinski definition) is 1. The van der Waals surface area contributed by atoms with Gasteiger partial charge in [-0.2, -0.15) is 0 Å². The Morgan fingerprint density at radius 1 is 1.19 bits per heavy atom. The number of aryl methyl sites for hydroxylation is 1. The van der Waals surface area contributed by atoms with Gasteiger partial charge in [0.05, 0.1) is 23.9 Å². The van der Waals surface area contributed by atoms with Gasteiger partial charge in [0.25, 0.3) is 5.78 Å². The van der Waals surface area contributed by atoms with Crippen molar-refractivity contribution in [2.24, 2.45) is 0 Å². The molecular formula is C27H23FN2O6S. The number of benzene rings is 2. The molecule has 10 heteroatoms. The lowest BCUT2D eigenvalue weighted by atomic mass is 9.95.